The van der Waals surface area contributed by atoms with Gasteiger partial charge in [0.05, 0.1) is 11.4 Å². The average Bonchev–Trinajstić information content (AvgIpc) is 2.68. The maximum atomic E-state index is 12.0. The van der Waals surface area contributed by atoms with E-state index in [1.807, 2.05) is 30.3 Å². The number of hydrogen-bond acceptors (Lipinski definition) is 5. The van der Waals surface area contributed by atoms with Crippen LogP contribution in [0.15, 0.2) is 36.4 Å². The van der Waals surface area contributed by atoms with Crippen molar-refractivity contribution >= 4 is 30.7 Å². The van der Waals surface area contributed by atoms with Crippen molar-refractivity contribution in [3.63, 3.8) is 0 Å². The summed E-state index contributed by atoms with van der Waals surface area (Å²) in [6, 6.07) is 12.2. The summed E-state index contributed by atoms with van der Waals surface area (Å²) in [6.07, 6.45) is 0. The Labute approximate surface area is 186 Å². The van der Waals surface area contributed by atoms with Gasteiger partial charge in [-0.1, -0.05) is 12.1 Å². The van der Waals surface area contributed by atoms with E-state index in [-0.39, 0.29) is 30.7 Å². The van der Waals surface area contributed by atoms with Gasteiger partial charge in [-0.2, -0.15) is 10.2 Å². The highest BCUT2D eigenvalue weighted by molar-refractivity contribution is 5.94. The minimum absolute atomic E-state index is 0. The van der Waals surface area contributed by atoms with E-state index in [9.17, 15) is 4.79 Å². The molecule has 0 spiro atoms. The Morgan fingerprint density at radius 1 is 0.966 bits per heavy atom. The van der Waals surface area contributed by atoms with Crippen LogP contribution in [0.2, 0.25) is 0 Å². The topological polar surface area (TPSA) is 52.6 Å². The average molecular weight is 440 g/mol. The number of benzene rings is 1. The molecule has 8 heteroatoms. The Bertz CT molecular complexity index is 758. The molecule has 2 heterocycles. The molecule has 1 saturated heterocycles. The van der Waals surface area contributed by atoms with Gasteiger partial charge in [0.1, 0.15) is 0 Å². The zero-order valence-corrected chi connectivity index (χ0v) is 19.2. The van der Waals surface area contributed by atoms with Crippen LogP contribution in [0.25, 0.3) is 11.3 Å². The lowest BCUT2D eigenvalue weighted by Crippen LogP contribution is -2.48. The Morgan fingerprint density at radius 2 is 1.59 bits per heavy atom. The van der Waals surface area contributed by atoms with Gasteiger partial charge in [0.2, 0.25) is 0 Å². The third-order valence-corrected chi connectivity index (χ3v) is 5.08. The van der Waals surface area contributed by atoms with E-state index in [0.717, 1.165) is 49.7 Å². The molecule has 0 radical (unpaired) electrons. The number of halogens is 2. The maximum absolute atomic E-state index is 12.0. The van der Waals surface area contributed by atoms with E-state index >= 15 is 0 Å². The highest BCUT2D eigenvalue weighted by Crippen LogP contribution is 2.18. The van der Waals surface area contributed by atoms with Crippen LogP contribution < -0.4 is 0 Å². The molecule has 1 aliphatic heterocycles. The summed E-state index contributed by atoms with van der Waals surface area (Å²) in [7, 11) is 3.51. The van der Waals surface area contributed by atoms with Crippen molar-refractivity contribution in [1.29, 1.82) is 0 Å². The number of amides is 1. The Hall–Kier alpha value is -1.73. The van der Waals surface area contributed by atoms with Crippen molar-refractivity contribution in [3.8, 4) is 11.3 Å². The second kappa shape index (κ2) is 11.5. The van der Waals surface area contributed by atoms with Crippen molar-refractivity contribution < 1.29 is 4.79 Å². The number of piperazine rings is 1. The van der Waals surface area contributed by atoms with Gasteiger partial charge < -0.3 is 4.90 Å². The number of nitrogens with zero attached hydrogens (tertiary/aromatic N) is 5. The van der Waals surface area contributed by atoms with E-state index in [2.05, 4.69) is 39.9 Å². The first-order valence-corrected chi connectivity index (χ1v) is 9.55. The van der Waals surface area contributed by atoms with Crippen LogP contribution in [0.5, 0.6) is 0 Å². The number of aromatic nitrogens is 2. The standard InChI is InChI=1S/C21H29N5O.2ClH/c1-16(2)26-13-11-25(12-14-26)15-19-9-10-20(23-22-19)17-5-7-18(8-6-17)21(27)24(3)4;;/h5-10,16H,11-15H2,1-4H3;2*1H. The molecule has 1 aromatic heterocycles. The molecule has 0 bridgehead atoms. The third-order valence-electron chi connectivity index (χ3n) is 5.08. The molecule has 0 N–H and O–H groups in total. The summed E-state index contributed by atoms with van der Waals surface area (Å²) < 4.78 is 0. The van der Waals surface area contributed by atoms with Crippen LogP contribution in [0, 0.1) is 0 Å². The predicted molar refractivity (Wildman–Crippen MR) is 122 cm³/mol. The highest BCUT2D eigenvalue weighted by Gasteiger charge is 2.19. The van der Waals surface area contributed by atoms with Gasteiger partial charge in [-0.05, 0) is 38.1 Å². The molecule has 1 amide bonds. The summed E-state index contributed by atoms with van der Waals surface area (Å²) in [5.74, 6) is 0.000506. The smallest absolute Gasteiger partial charge is 0.253 e. The van der Waals surface area contributed by atoms with E-state index in [4.69, 9.17) is 0 Å². The van der Waals surface area contributed by atoms with Crippen molar-refractivity contribution in [2.75, 3.05) is 40.3 Å². The number of rotatable bonds is 5. The lowest BCUT2D eigenvalue weighted by molar-refractivity contribution is 0.0827. The SMILES string of the molecule is CC(C)N1CCN(Cc2ccc(-c3ccc(C(=O)N(C)C)cc3)nn2)CC1.Cl.Cl. The molecule has 0 atom stereocenters. The summed E-state index contributed by atoms with van der Waals surface area (Å²) >= 11 is 0. The molecule has 3 rings (SSSR count). The number of carbonyl (C=O) groups is 1. The van der Waals surface area contributed by atoms with Crippen molar-refractivity contribution in [2.45, 2.75) is 26.4 Å². The fourth-order valence-electron chi connectivity index (χ4n) is 3.31. The van der Waals surface area contributed by atoms with Crippen molar-refractivity contribution in [2.24, 2.45) is 0 Å². The predicted octanol–water partition coefficient (Wildman–Crippen LogP) is 3.22. The van der Waals surface area contributed by atoms with Gasteiger partial charge in [-0.3, -0.25) is 14.6 Å². The zero-order valence-electron chi connectivity index (χ0n) is 17.5. The first kappa shape index (κ1) is 25.3. The van der Waals surface area contributed by atoms with Gasteiger partial charge in [0.25, 0.3) is 5.91 Å². The second-order valence-corrected chi connectivity index (χ2v) is 7.59. The van der Waals surface area contributed by atoms with Crippen LogP contribution in [-0.4, -0.2) is 77.1 Å². The maximum Gasteiger partial charge on any atom is 0.253 e. The fraction of sp³-hybridized carbons (Fsp3) is 0.476. The molecular formula is C21H31Cl2N5O. The molecule has 6 nitrogen and oxygen atoms in total. The summed E-state index contributed by atoms with van der Waals surface area (Å²) in [5, 5.41) is 8.79. The van der Waals surface area contributed by atoms with E-state index < -0.39 is 0 Å². The van der Waals surface area contributed by atoms with Crippen LogP contribution in [0.4, 0.5) is 0 Å². The first-order valence-electron chi connectivity index (χ1n) is 9.55. The summed E-state index contributed by atoms with van der Waals surface area (Å²) in [5.41, 5.74) is 3.46. The second-order valence-electron chi connectivity index (χ2n) is 7.59. The molecule has 0 aliphatic carbocycles. The molecule has 1 fully saturated rings. The van der Waals surface area contributed by atoms with Gasteiger partial charge in [-0.15, -0.1) is 24.8 Å². The monoisotopic (exact) mass is 439 g/mol. The lowest BCUT2D eigenvalue weighted by atomic mass is 10.1. The fourth-order valence-corrected chi connectivity index (χ4v) is 3.31. The van der Waals surface area contributed by atoms with Gasteiger partial charge in [0.15, 0.2) is 0 Å². The van der Waals surface area contributed by atoms with Gasteiger partial charge in [0, 0.05) is 64.0 Å². The zero-order chi connectivity index (χ0) is 19.4. The van der Waals surface area contributed by atoms with E-state index in [1.54, 1.807) is 19.0 Å². The number of hydrogen-bond donors (Lipinski definition) is 0. The van der Waals surface area contributed by atoms with Gasteiger partial charge >= 0.3 is 0 Å². The quantitative estimate of drug-likeness (QED) is 0.715. The minimum Gasteiger partial charge on any atom is -0.345 e. The first-order chi connectivity index (χ1) is 12.9. The van der Waals surface area contributed by atoms with Crippen LogP contribution in [0.1, 0.15) is 29.9 Å². The summed E-state index contributed by atoms with van der Waals surface area (Å²) in [6.45, 7) is 9.72. The molecule has 1 aliphatic rings. The molecule has 29 heavy (non-hydrogen) atoms. The Kier molecular flexibility index (Phi) is 10.00. The highest BCUT2D eigenvalue weighted by atomic mass is 35.5. The summed E-state index contributed by atoms with van der Waals surface area (Å²) in [4.78, 5) is 18.5. The molecule has 0 unspecified atom stereocenters. The largest absolute Gasteiger partial charge is 0.345 e. The minimum atomic E-state index is 0. The lowest BCUT2D eigenvalue weighted by Gasteiger charge is -2.36. The molecule has 1 aromatic carbocycles. The Morgan fingerprint density at radius 3 is 2.07 bits per heavy atom. The van der Waals surface area contributed by atoms with Crippen LogP contribution in [0.3, 0.4) is 0 Å². The van der Waals surface area contributed by atoms with Crippen molar-refractivity contribution in [1.82, 2.24) is 24.9 Å². The normalized spacial score (nSPS) is 14.8. The van der Waals surface area contributed by atoms with Crippen LogP contribution >= 0.6 is 24.8 Å². The van der Waals surface area contributed by atoms with Crippen LogP contribution in [-0.2, 0) is 6.54 Å². The molecule has 0 saturated carbocycles. The third kappa shape index (κ3) is 6.64. The molecular weight excluding hydrogens is 409 g/mol. The molecule has 2 aromatic rings. The van der Waals surface area contributed by atoms with Crippen molar-refractivity contribution in [3.05, 3.63) is 47.7 Å². The van der Waals surface area contributed by atoms with E-state index in [0.29, 0.717) is 11.6 Å². The Balaban J connectivity index is 0.00000210. The number of carbonyl (C=O) groups excluding carboxylic acids is 1. The molecule has 160 valence electrons. The van der Waals surface area contributed by atoms with Gasteiger partial charge in [-0.25, -0.2) is 0 Å². The van der Waals surface area contributed by atoms with E-state index in [1.165, 1.54) is 0 Å².